The minimum Gasteiger partial charge on any atom is -0.485 e. The lowest BCUT2D eigenvalue weighted by molar-refractivity contribution is 0.294. The van der Waals surface area contributed by atoms with Crippen LogP contribution in [0.15, 0.2) is 18.2 Å². The summed E-state index contributed by atoms with van der Waals surface area (Å²) >= 11 is 5.53. The maximum atomic E-state index is 13.0. The zero-order chi connectivity index (χ0) is 11.5. The first-order chi connectivity index (χ1) is 7.65. The number of ether oxygens (including phenoxy) is 1. The van der Waals surface area contributed by atoms with Gasteiger partial charge in [-0.1, -0.05) is 11.6 Å². The van der Waals surface area contributed by atoms with Crippen LogP contribution in [0.4, 0.5) is 4.39 Å². The Hall–Kier alpha value is -1.69. The zero-order valence-corrected chi connectivity index (χ0v) is 9.15. The van der Waals surface area contributed by atoms with Crippen molar-refractivity contribution in [2.75, 3.05) is 0 Å². The minimum absolute atomic E-state index is 0.0602. The molecule has 0 fully saturated rings. The summed E-state index contributed by atoms with van der Waals surface area (Å²) in [7, 11) is 1.65. The average Bonchev–Trinajstić information content (AvgIpc) is 2.66. The topological polar surface area (TPSA) is 52.8 Å². The third-order valence-electron chi connectivity index (χ3n) is 1.81. The molecule has 84 valence electrons. The first-order valence-electron chi connectivity index (χ1n) is 4.46. The fourth-order valence-electron chi connectivity index (χ4n) is 1.10. The molecule has 0 bridgehead atoms. The van der Waals surface area contributed by atoms with Gasteiger partial charge in [0.15, 0.2) is 6.61 Å². The van der Waals surface area contributed by atoms with E-state index in [0.717, 1.165) is 0 Å². The van der Waals surface area contributed by atoms with Crippen LogP contribution in [-0.2, 0) is 13.7 Å². The molecular formula is C9H8ClFN4O. The van der Waals surface area contributed by atoms with Crippen molar-refractivity contribution >= 4 is 11.6 Å². The smallest absolute Gasteiger partial charge is 0.212 e. The second-order valence-electron chi connectivity index (χ2n) is 3.06. The summed E-state index contributed by atoms with van der Waals surface area (Å²) in [5, 5.41) is 11.3. The number of hydrogen-bond acceptors (Lipinski definition) is 4. The number of benzene rings is 1. The van der Waals surface area contributed by atoms with E-state index >= 15 is 0 Å². The fraction of sp³-hybridized carbons (Fsp3) is 0.222. The third kappa shape index (κ3) is 2.46. The van der Waals surface area contributed by atoms with E-state index in [1.807, 2.05) is 0 Å². The third-order valence-corrected chi connectivity index (χ3v) is 2.12. The molecule has 2 rings (SSSR count). The second kappa shape index (κ2) is 4.44. The Morgan fingerprint density at radius 2 is 2.31 bits per heavy atom. The first-order valence-corrected chi connectivity index (χ1v) is 4.83. The molecule has 0 aliphatic rings. The molecule has 16 heavy (non-hydrogen) atoms. The maximum Gasteiger partial charge on any atom is 0.212 e. The first kappa shape index (κ1) is 10.8. The van der Waals surface area contributed by atoms with Crippen molar-refractivity contribution < 1.29 is 9.13 Å². The molecule has 0 saturated heterocycles. The predicted octanol–water partition coefficient (Wildman–Crippen LogP) is 1.58. The lowest BCUT2D eigenvalue weighted by Gasteiger charge is -2.03. The molecule has 0 amide bonds. The van der Waals surface area contributed by atoms with Gasteiger partial charge in [0, 0.05) is 6.07 Å². The summed E-state index contributed by atoms with van der Waals surface area (Å²) in [6.07, 6.45) is 0. The molecule has 0 aliphatic heterocycles. The van der Waals surface area contributed by atoms with Crippen LogP contribution in [-0.4, -0.2) is 20.2 Å². The number of halogens is 2. The average molecular weight is 243 g/mol. The number of aryl methyl sites for hydroxylation is 1. The van der Waals surface area contributed by atoms with Crippen LogP contribution >= 0.6 is 11.6 Å². The van der Waals surface area contributed by atoms with Crippen molar-refractivity contribution in [1.82, 2.24) is 20.2 Å². The Balaban J connectivity index is 2.02. The molecule has 1 aromatic heterocycles. The van der Waals surface area contributed by atoms with E-state index in [4.69, 9.17) is 16.3 Å². The second-order valence-corrected chi connectivity index (χ2v) is 3.47. The van der Waals surface area contributed by atoms with E-state index in [2.05, 4.69) is 15.4 Å². The molecule has 0 spiro atoms. The molecule has 7 heteroatoms. The molecule has 1 aromatic carbocycles. The molecule has 0 radical (unpaired) electrons. The van der Waals surface area contributed by atoms with E-state index < -0.39 is 5.82 Å². The predicted molar refractivity (Wildman–Crippen MR) is 54.5 cm³/mol. The van der Waals surface area contributed by atoms with Crippen LogP contribution in [0.3, 0.4) is 0 Å². The van der Waals surface area contributed by atoms with Crippen LogP contribution in [0.5, 0.6) is 5.75 Å². The molecule has 0 aliphatic carbocycles. The minimum atomic E-state index is -0.522. The summed E-state index contributed by atoms with van der Waals surface area (Å²) in [6.45, 7) is 0.134. The van der Waals surface area contributed by atoms with Gasteiger partial charge in [0.1, 0.15) is 11.6 Å². The van der Waals surface area contributed by atoms with Gasteiger partial charge >= 0.3 is 0 Å². The Bertz CT molecular complexity index is 502. The van der Waals surface area contributed by atoms with E-state index in [-0.39, 0.29) is 11.6 Å². The van der Waals surface area contributed by atoms with E-state index in [9.17, 15) is 4.39 Å². The van der Waals surface area contributed by atoms with Crippen LogP contribution in [0.2, 0.25) is 5.02 Å². The van der Waals surface area contributed by atoms with E-state index in [1.54, 1.807) is 13.1 Å². The van der Waals surface area contributed by atoms with Gasteiger partial charge in [-0.3, -0.25) is 0 Å². The number of nitrogens with zero attached hydrogens (tertiary/aromatic N) is 4. The van der Waals surface area contributed by atoms with Gasteiger partial charge in [-0.25, -0.2) is 4.39 Å². The summed E-state index contributed by atoms with van der Waals surface area (Å²) in [4.78, 5) is 1.32. The van der Waals surface area contributed by atoms with Crippen molar-refractivity contribution in [1.29, 1.82) is 0 Å². The SMILES string of the molecule is Cn1nnc(COc2ccc(Cl)c(F)c2)n1. The lowest BCUT2D eigenvalue weighted by Crippen LogP contribution is -1.99. The van der Waals surface area contributed by atoms with Gasteiger partial charge in [0.2, 0.25) is 5.82 Å². The molecule has 2 aromatic rings. The highest BCUT2D eigenvalue weighted by Crippen LogP contribution is 2.20. The largest absolute Gasteiger partial charge is 0.485 e. The number of rotatable bonds is 3. The maximum absolute atomic E-state index is 13.0. The summed E-state index contributed by atoms with van der Waals surface area (Å²) < 4.78 is 18.3. The molecule has 0 saturated carbocycles. The Kier molecular flexibility index (Phi) is 3.00. The van der Waals surface area contributed by atoms with Gasteiger partial charge in [-0.2, -0.15) is 4.80 Å². The summed E-state index contributed by atoms with van der Waals surface area (Å²) in [6, 6.07) is 4.21. The van der Waals surface area contributed by atoms with Gasteiger partial charge in [0.05, 0.1) is 12.1 Å². The standard InChI is InChI=1S/C9H8ClFN4O/c1-15-13-9(12-14-15)5-16-6-2-3-7(10)8(11)4-6/h2-4H,5H2,1H3. The molecule has 0 N–H and O–H groups in total. The molecule has 1 heterocycles. The summed E-state index contributed by atoms with van der Waals surface area (Å²) in [5.74, 6) is 0.276. The lowest BCUT2D eigenvalue weighted by atomic mass is 10.3. The Morgan fingerprint density at radius 3 is 2.94 bits per heavy atom. The molecule has 0 unspecified atom stereocenters. The van der Waals surface area contributed by atoms with E-state index in [0.29, 0.717) is 11.6 Å². The Labute approximate surface area is 95.8 Å². The van der Waals surface area contributed by atoms with Crippen molar-refractivity contribution in [3.05, 3.63) is 34.9 Å². The van der Waals surface area contributed by atoms with Gasteiger partial charge < -0.3 is 4.74 Å². The van der Waals surface area contributed by atoms with Gasteiger partial charge in [-0.15, -0.1) is 10.2 Å². The van der Waals surface area contributed by atoms with Gasteiger partial charge in [0.25, 0.3) is 0 Å². The van der Waals surface area contributed by atoms with E-state index in [1.165, 1.54) is 16.9 Å². The molecular weight excluding hydrogens is 235 g/mol. The van der Waals surface area contributed by atoms with Crippen molar-refractivity contribution in [2.24, 2.45) is 7.05 Å². The quantitative estimate of drug-likeness (QED) is 0.820. The Morgan fingerprint density at radius 1 is 1.50 bits per heavy atom. The van der Waals surface area contributed by atoms with Crippen molar-refractivity contribution in [3.63, 3.8) is 0 Å². The van der Waals surface area contributed by atoms with Gasteiger partial charge in [-0.05, 0) is 17.3 Å². The number of aromatic nitrogens is 4. The van der Waals surface area contributed by atoms with Crippen LogP contribution in [0.25, 0.3) is 0 Å². The number of hydrogen-bond donors (Lipinski definition) is 0. The normalized spacial score (nSPS) is 10.4. The monoisotopic (exact) mass is 242 g/mol. The van der Waals surface area contributed by atoms with Crippen molar-refractivity contribution in [3.8, 4) is 5.75 Å². The zero-order valence-electron chi connectivity index (χ0n) is 8.39. The van der Waals surface area contributed by atoms with Crippen LogP contribution in [0, 0.1) is 5.82 Å². The molecule has 5 nitrogen and oxygen atoms in total. The van der Waals surface area contributed by atoms with Crippen LogP contribution in [0.1, 0.15) is 5.82 Å². The fourth-order valence-corrected chi connectivity index (χ4v) is 1.21. The van der Waals surface area contributed by atoms with Crippen LogP contribution < -0.4 is 4.74 Å². The van der Waals surface area contributed by atoms with Crippen molar-refractivity contribution in [2.45, 2.75) is 6.61 Å². The number of tetrazole rings is 1. The highest BCUT2D eigenvalue weighted by Gasteiger charge is 2.04. The highest BCUT2D eigenvalue weighted by molar-refractivity contribution is 6.30. The highest BCUT2D eigenvalue weighted by atomic mass is 35.5. The molecule has 0 atom stereocenters. The summed E-state index contributed by atoms with van der Waals surface area (Å²) in [5.41, 5.74) is 0.